The molecule has 0 saturated carbocycles. The fourth-order valence-corrected chi connectivity index (χ4v) is 2.94. The molecule has 106 valence electrons. The van der Waals surface area contributed by atoms with Gasteiger partial charge >= 0.3 is 0 Å². The van der Waals surface area contributed by atoms with Gasteiger partial charge in [0.05, 0.1) is 15.2 Å². The lowest BCUT2D eigenvalue weighted by molar-refractivity contribution is -0.121. The van der Waals surface area contributed by atoms with Gasteiger partial charge in [-0.15, -0.1) is 11.3 Å². The van der Waals surface area contributed by atoms with Crippen molar-refractivity contribution in [3.63, 3.8) is 0 Å². The lowest BCUT2D eigenvalue weighted by Gasteiger charge is -2.16. The van der Waals surface area contributed by atoms with E-state index < -0.39 is 0 Å². The molecule has 6 heteroatoms. The Morgan fingerprint density at radius 3 is 2.58 bits per heavy atom. The maximum Gasteiger partial charge on any atom is 0.264 e. The zero-order valence-electron chi connectivity index (χ0n) is 11.6. The van der Waals surface area contributed by atoms with Gasteiger partial charge in [-0.3, -0.25) is 9.59 Å². The average Bonchev–Trinajstić information content (AvgIpc) is 2.66. The number of nitrogens with zero attached hydrogens (tertiary/aromatic N) is 1. The number of thiophene rings is 1. The average molecular weight is 347 g/mol. The predicted octanol–water partition coefficient (Wildman–Crippen LogP) is 2.66. The SMILES string of the molecule is Cc1cc(C(=O)N(C)CC(=O)NCC(C)C)sc1Br. The van der Waals surface area contributed by atoms with Gasteiger partial charge in [0.15, 0.2) is 0 Å². The Morgan fingerprint density at radius 1 is 1.47 bits per heavy atom. The van der Waals surface area contributed by atoms with E-state index in [-0.39, 0.29) is 18.4 Å². The molecule has 2 amide bonds. The summed E-state index contributed by atoms with van der Waals surface area (Å²) in [5.74, 6) is 0.149. The normalized spacial score (nSPS) is 10.6. The fraction of sp³-hybridized carbons (Fsp3) is 0.538. The largest absolute Gasteiger partial charge is 0.354 e. The van der Waals surface area contributed by atoms with Gasteiger partial charge in [0.25, 0.3) is 5.91 Å². The van der Waals surface area contributed by atoms with Gasteiger partial charge in [-0.2, -0.15) is 0 Å². The van der Waals surface area contributed by atoms with Crippen LogP contribution in [0.3, 0.4) is 0 Å². The van der Waals surface area contributed by atoms with Crippen LogP contribution in [-0.2, 0) is 4.79 Å². The first-order valence-electron chi connectivity index (χ1n) is 6.09. The lowest BCUT2D eigenvalue weighted by atomic mass is 10.2. The van der Waals surface area contributed by atoms with Gasteiger partial charge in [-0.1, -0.05) is 13.8 Å². The van der Waals surface area contributed by atoms with E-state index in [1.807, 2.05) is 26.8 Å². The highest BCUT2D eigenvalue weighted by Gasteiger charge is 2.17. The molecule has 1 N–H and O–H groups in total. The smallest absolute Gasteiger partial charge is 0.264 e. The van der Waals surface area contributed by atoms with Crippen LogP contribution in [-0.4, -0.2) is 36.9 Å². The summed E-state index contributed by atoms with van der Waals surface area (Å²) in [7, 11) is 1.64. The molecular weight excluding hydrogens is 328 g/mol. The Bertz CT molecular complexity index is 452. The van der Waals surface area contributed by atoms with E-state index in [4.69, 9.17) is 0 Å². The number of halogens is 1. The monoisotopic (exact) mass is 346 g/mol. The molecule has 0 aliphatic carbocycles. The first-order valence-corrected chi connectivity index (χ1v) is 7.70. The lowest BCUT2D eigenvalue weighted by Crippen LogP contribution is -2.39. The van der Waals surface area contributed by atoms with Crippen molar-refractivity contribution in [2.45, 2.75) is 20.8 Å². The zero-order chi connectivity index (χ0) is 14.6. The van der Waals surface area contributed by atoms with E-state index in [2.05, 4.69) is 21.2 Å². The molecule has 0 bridgehead atoms. The fourth-order valence-electron chi connectivity index (χ4n) is 1.41. The minimum Gasteiger partial charge on any atom is -0.354 e. The van der Waals surface area contributed by atoms with Gasteiger partial charge in [0, 0.05) is 13.6 Å². The van der Waals surface area contributed by atoms with Crippen molar-refractivity contribution in [2.24, 2.45) is 5.92 Å². The van der Waals surface area contributed by atoms with E-state index in [1.54, 1.807) is 7.05 Å². The van der Waals surface area contributed by atoms with Crippen molar-refractivity contribution >= 4 is 39.1 Å². The predicted molar refractivity (Wildman–Crippen MR) is 81.6 cm³/mol. The first kappa shape index (κ1) is 16.2. The van der Waals surface area contributed by atoms with Gasteiger partial charge in [-0.25, -0.2) is 0 Å². The van der Waals surface area contributed by atoms with Gasteiger partial charge in [0.2, 0.25) is 5.91 Å². The van der Waals surface area contributed by atoms with E-state index in [9.17, 15) is 9.59 Å². The van der Waals surface area contributed by atoms with Crippen molar-refractivity contribution in [3.05, 3.63) is 20.3 Å². The molecule has 1 aromatic rings. The van der Waals surface area contributed by atoms with Crippen LogP contribution in [0.1, 0.15) is 29.1 Å². The van der Waals surface area contributed by atoms with Crippen LogP contribution in [0.5, 0.6) is 0 Å². The Kier molecular flexibility index (Phi) is 6.00. The van der Waals surface area contributed by atoms with E-state index in [0.29, 0.717) is 17.3 Å². The van der Waals surface area contributed by atoms with Crippen LogP contribution in [0.2, 0.25) is 0 Å². The highest BCUT2D eigenvalue weighted by Crippen LogP contribution is 2.27. The number of hydrogen-bond donors (Lipinski definition) is 1. The van der Waals surface area contributed by atoms with Crippen LogP contribution in [0.4, 0.5) is 0 Å². The molecule has 19 heavy (non-hydrogen) atoms. The Hall–Kier alpha value is -0.880. The van der Waals surface area contributed by atoms with Gasteiger partial charge in [0.1, 0.15) is 0 Å². The Morgan fingerprint density at radius 2 is 2.11 bits per heavy atom. The molecular formula is C13H19BrN2O2S. The standard InChI is InChI=1S/C13H19BrN2O2S/c1-8(2)6-15-11(17)7-16(4)13(18)10-5-9(3)12(14)19-10/h5,8H,6-7H2,1-4H3,(H,15,17). The van der Waals surface area contributed by atoms with E-state index in [0.717, 1.165) is 9.35 Å². The molecule has 0 atom stereocenters. The highest BCUT2D eigenvalue weighted by atomic mass is 79.9. The summed E-state index contributed by atoms with van der Waals surface area (Å²) in [6, 6.07) is 1.83. The van der Waals surface area contributed by atoms with Gasteiger partial charge in [-0.05, 0) is 40.4 Å². The van der Waals surface area contributed by atoms with Crippen LogP contribution in [0.25, 0.3) is 0 Å². The van der Waals surface area contributed by atoms with Crippen molar-refractivity contribution in [3.8, 4) is 0 Å². The quantitative estimate of drug-likeness (QED) is 0.890. The van der Waals surface area contributed by atoms with Crippen LogP contribution < -0.4 is 5.32 Å². The molecule has 4 nitrogen and oxygen atoms in total. The second-order valence-corrected chi connectivity index (χ2v) is 7.30. The summed E-state index contributed by atoms with van der Waals surface area (Å²) in [4.78, 5) is 25.9. The third kappa shape index (κ3) is 4.95. The summed E-state index contributed by atoms with van der Waals surface area (Å²) in [6.07, 6.45) is 0. The summed E-state index contributed by atoms with van der Waals surface area (Å²) in [5, 5.41) is 2.80. The number of amides is 2. The highest BCUT2D eigenvalue weighted by molar-refractivity contribution is 9.11. The maximum absolute atomic E-state index is 12.1. The number of nitrogens with one attached hydrogen (secondary N) is 1. The summed E-state index contributed by atoms with van der Waals surface area (Å²) in [5.41, 5.74) is 1.03. The molecule has 0 aromatic carbocycles. The minimum absolute atomic E-state index is 0.0835. The molecule has 0 saturated heterocycles. The molecule has 0 spiro atoms. The second-order valence-electron chi connectivity index (χ2n) is 4.93. The molecule has 1 aromatic heterocycles. The summed E-state index contributed by atoms with van der Waals surface area (Å²) >= 11 is 4.78. The van der Waals surface area contributed by atoms with Crippen molar-refractivity contribution in [2.75, 3.05) is 20.1 Å². The van der Waals surface area contributed by atoms with Crippen molar-refractivity contribution < 1.29 is 9.59 Å². The third-order valence-corrected chi connectivity index (χ3v) is 4.63. The molecule has 1 heterocycles. The zero-order valence-corrected chi connectivity index (χ0v) is 14.0. The molecule has 1 rings (SSSR count). The number of aryl methyl sites for hydroxylation is 1. The second kappa shape index (κ2) is 7.05. The molecule has 0 radical (unpaired) electrons. The maximum atomic E-state index is 12.1. The van der Waals surface area contributed by atoms with Crippen LogP contribution in [0, 0.1) is 12.8 Å². The van der Waals surface area contributed by atoms with E-state index in [1.165, 1.54) is 16.2 Å². The molecule has 0 unspecified atom stereocenters. The molecule has 0 aliphatic heterocycles. The topological polar surface area (TPSA) is 49.4 Å². The van der Waals surface area contributed by atoms with Crippen LogP contribution in [0.15, 0.2) is 9.85 Å². The number of rotatable bonds is 5. The molecule has 0 aliphatic rings. The van der Waals surface area contributed by atoms with Crippen molar-refractivity contribution in [1.29, 1.82) is 0 Å². The number of likely N-dealkylation sites (N-methyl/N-ethyl adjacent to an activating group) is 1. The number of carbonyl (C=O) groups excluding carboxylic acids is 2. The summed E-state index contributed by atoms with van der Waals surface area (Å²) < 4.78 is 0.952. The summed E-state index contributed by atoms with van der Waals surface area (Å²) in [6.45, 7) is 6.71. The first-order chi connectivity index (χ1) is 8.81. The van der Waals surface area contributed by atoms with Crippen LogP contribution >= 0.6 is 27.3 Å². The Balaban J connectivity index is 2.55. The van der Waals surface area contributed by atoms with E-state index >= 15 is 0 Å². The number of hydrogen-bond acceptors (Lipinski definition) is 3. The Labute approximate surface area is 126 Å². The third-order valence-electron chi connectivity index (χ3n) is 2.50. The molecule has 0 fully saturated rings. The van der Waals surface area contributed by atoms with Crippen molar-refractivity contribution in [1.82, 2.24) is 10.2 Å². The van der Waals surface area contributed by atoms with Gasteiger partial charge < -0.3 is 10.2 Å². The minimum atomic E-state index is -0.128. The number of carbonyl (C=O) groups is 2.